The molecule has 7 heteroatoms. The summed E-state index contributed by atoms with van der Waals surface area (Å²) in [6, 6.07) is 2.12. The van der Waals surface area contributed by atoms with Crippen LogP contribution in [0.25, 0.3) is 0 Å². The third-order valence-electron chi connectivity index (χ3n) is 5.11. The fourth-order valence-corrected chi connectivity index (χ4v) is 3.41. The van der Waals surface area contributed by atoms with Gasteiger partial charge in [0.05, 0.1) is 5.69 Å². The zero-order valence-electron chi connectivity index (χ0n) is 16.8. The first-order valence-corrected chi connectivity index (χ1v) is 9.61. The lowest BCUT2D eigenvalue weighted by molar-refractivity contribution is 0.0778. The van der Waals surface area contributed by atoms with E-state index in [0.29, 0.717) is 5.41 Å². The number of guanidine groups is 1. The molecule has 0 atom stereocenters. The predicted molar refractivity (Wildman–Crippen MR) is 118 cm³/mol. The second-order valence-corrected chi connectivity index (χ2v) is 7.22. The number of aliphatic imine (C=N–C) groups is 1. The number of halogens is 1. The first kappa shape index (κ1) is 23.2. The van der Waals surface area contributed by atoms with Crippen LogP contribution in [0.4, 0.5) is 0 Å². The van der Waals surface area contributed by atoms with Crippen LogP contribution in [0.3, 0.4) is 0 Å². The fraction of sp³-hybridized carbons (Fsp3) is 0.789. The van der Waals surface area contributed by atoms with E-state index in [9.17, 15) is 0 Å². The van der Waals surface area contributed by atoms with E-state index in [1.165, 1.54) is 25.0 Å². The van der Waals surface area contributed by atoms with E-state index in [2.05, 4.69) is 40.3 Å². The van der Waals surface area contributed by atoms with Crippen LogP contribution in [0.1, 0.15) is 50.4 Å². The Bertz CT molecular complexity index is 554. The average Bonchev–Trinajstić information content (AvgIpc) is 2.87. The van der Waals surface area contributed by atoms with Gasteiger partial charge in [-0.3, -0.25) is 9.67 Å². The molecule has 0 radical (unpaired) electrons. The number of nitrogens with one attached hydrogen (secondary N) is 2. The summed E-state index contributed by atoms with van der Waals surface area (Å²) in [4.78, 5) is 4.84. The Morgan fingerprint density at radius 2 is 2.12 bits per heavy atom. The third-order valence-corrected chi connectivity index (χ3v) is 5.11. The standard InChI is InChI=1S/C19H35N5O.HI/c1-5-20-18(22-15-19(8-6-9-19)10-13-25-4)21-11-7-12-24-17(3)14-16(2)23-24;/h14H,5-13,15H2,1-4H3,(H2,20,21,22);1H. The lowest BCUT2D eigenvalue weighted by Crippen LogP contribution is -2.40. The van der Waals surface area contributed by atoms with Crippen molar-refractivity contribution in [2.24, 2.45) is 10.4 Å². The van der Waals surface area contributed by atoms with Gasteiger partial charge in [-0.05, 0) is 57.9 Å². The number of hydrogen-bond donors (Lipinski definition) is 2. The summed E-state index contributed by atoms with van der Waals surface area (Å²) in [5.74, 6) is 0.930. The van der Waals surface area contributed by atoms with Crippen LogP contribution in [0.2, 0.25) is 0 Å². The van der Waals surface area contributed by atoms with Crippen molar-refractivity contribution in [3.63, 3.8) is 0 Å². The normalized spacial score (nSPS) is 15.9. The molecule has 0 unspecified atom stereocenters. The SMILES string of the molecule is CCNC(=NCC1(CCOC)CCC1)NCCCn1nc(C)cc1C.I. The Balaban J connectivity index is 0.00000338. The van der Waals surface area contributed by atoms with E-state index >= 15 is 0 Å². The molecular weight excluding hydrogens is 441 g/mol. The number of rotatable bonds is 10. The topological polar surface area (TPSA) is 63.5 Å². The van der Waals surface area contributed by atoms with Gasteiger partial charge in [-0.2, -0.15) is 5.10 Å². The molecule has 0 spiro atoms. The maximum atomic E-state index is 5.27. The summed E-state index contributed by atoms with van der Waals surface area (Å²) in [6.45, 7) is 10.7. The second kappa shape index (κ2) is 11.8. The van der Waals surface area contributed by atoms with Gasteiger partial charge in [0.25, 0.3) is 0 Å². The highest BCUT2D eigenvalue weighted by Crippen LogP contribution is 2.44. The van der Waals surface area contributed by atoms with Crippen molar-refractivity contribution in [3.05, 3.63) is 17.5 Å². The van der Waals surface area contributed by atoms with Crippen molar-refractivity contribution >= 4 is 29.9 Å². The van der Waals surface area contributed by atoms with E-state index in [1.54, 1.807) is 7.11 Å². The van der Waals surface area contributed by atoms with Crippen LogP contribution in [-0.4, -0.2) is 49.1 Å². The maximum Gasteiger partial charge on any atom is 0.191 e. The molecule has 1 aromatic heterocycles. The molecule has 1 aliphatic rings. The van der Waals surface area contributed by atoms with Crippen LogP contribution in [-0.2, 0) is 11.3 Å². The predicted octanol–water partition coefficient (Wildman–Crippen LogP) is 3.27. The largest absolute Gasteiger partial charge is 0.385 e. The number of hydrogen-bond acceptors (Lipinski definition) is 3. The smallest absolute Gasteiger partial charge is 0.191 e. The quantitative estimate of drug-likeness (QED) is 0.235. The van der Waals surface area contributed by atoms with Crippen molar-refractivity contribution in [2.75, 3.05) is 33.4 Å². The number of ether oxygens (including phenoxy) is 1. The number of nitrogens with zero attached hydrogens (tertiary/aromatic N) is 3. The molecule has 26 heavy (non-hydrogen) atoms. The lowest BCUT2D eigenvalue weighted by Gasteiger charge is -2.40. The van der Waals surface area contributed by atoms with Crippen molar-refractivity contribution in [1.82, 2.24) is 20.4 Å². The molecule has 1 aliphatic carbocycles. The molecule has 6 nitrogen and oxygen atoms in total. The first-order valence-electron chi connectivity index (χ1n) is 9.61. The van der Waals surface area contributed by atoms with Gasteiger partial charge in [-0.1, -0.05) is 6.42 Å². The fourth-order valence-electron chi connectivity index (χ4n) is 3.41. The highest BCUT2D eigenvalue weighted by molar-refractivity contribution is 14.0. The zero-order valence-corrected chi connectivity index (χ0v) is 19.1. The minimum atomic E-state index is 0. The van der Waals surface area contributed by atoms with Crippen LogP contribution in [0.15, 0.2) is 11.1 Å². The molecule has 1 heterocycles. The Morgan fingerprint density at radius 1 is 1.35 bits per heavy atom. The van der Waals surface area contributed by atoms with E-state index in [-0.39, 0.29) is 24.0 Å². The number of aryl methyl sites for hydroxylation is 3. The monoisotopic (exact) mass is 477 g/mol. The molecule has 0 aromatic carbocycles. The van der Waals surface area contributed by atoms with Crippen LogP contribution in [0.5, 0.6) is 0 Å². The van der Waals surface area contributed by atoms with E-state index < -0.39 is 0 Å². The van der Waals surface area contributed by atoms with Crippen LogP contribution in [0, 0.1) is 19.3 Å². The van der Waals surface area contributed by atoms with Crippen LogP contribution >= 0.6 is 24.0 Å². The molecule has 0 amide bonds. The van der Waals surface area contributed by atoms with Gasteiger partial charge in [0, 0.05) is 45.6 Å². The van der Waals surface area contributed by atoms with Gasteiger partial charge < -0.3 is 15.4 Å². The highest BCUT2D eigenvalue weighted by Gasteiger charge is 2.36. The van der Waals surface area contributed by atoms with Crippen molar-refractivity contribution in [3.8, 4) is 0 Å². The molecule has 150 valence electrons. The molecule has 1 fully saturated rings. The molecule has 0 aliphatic heterocycles. The third kappa shape index (κ3) is 7.06. The minimum Gasteiger partial charge on any atom is -0.385 e. The van der Waals surface area contributed by atoms with Gasteiger partial charge in [0.1, 0.15) is 0 Å². The van der Waals surface area contributed by atoms with Crippen molar-refractivity contribution in [2.45, 2.75) is 59.4 Å². The Morgan fingerprint density at radius 3 is 2.65 bits per heavy atom. The van der Waals surface area contributed by atoms with E-state index in [0.717, 1.165) is 57.3 Å². The number of aromatic nitrogens is 2. The molecule has 0 saturated heterocycles. The molecular formula is C19H36IN5O. The van der Waals surface area contributed by atoms with Gasteiger partial charge in [-0.25, -0.2) is 0 Å². The first-order chi connectivity index (χ1) is 12.1. The van der Waals surface area contributed by atoms with Crippen LogP contribution < -0.4 is 10.6 Å². The van der Waals surface area contributed by atoms with E-state index in [4.69, 9.17) is 9.73 Å². The zero-order chi connectivity index (χ0) is 18.1. The molecule has 1 saturated carbocycles. The summed E-state index contributed by atoms with van der Waals surface area (Å²) in [7, 11) is 1.78. The number of methoxy groups -OCH3 is 1. The second-order valence-electron chi connectivity index (χ2n) is 7.22. The molecule has 2 N–H and O–H groups in total. The van der Waals surface area contributed by atoms with Crippen molar-refractivity contribution < 1.29 is 4.74 Å². The van der Waals surface area contributed by atoms with Gasteiger partial charge in [-0.15, -0.1) is 24.0 Å². The summed E-state index contributed by atoms with van der Waals surface area (Å²) in [6.07, 6.45) is 6.02. The molecule has 2 rings (SSSR count). The lowest BCUT2D eigenvalue weighted by atomic mass is 9.67. The Hall–Kier alpha value is -0.830. The Labute approximate surface area is 175 Å². The average molecular weight is 477 g/mol. The summed E-state index contributed by atoms with van der Waals surface area (Å²) >= 11 is 0. The van der Waals surface area contributed by atoms with Crippen molar-refractivity contribution in [1.29, 1.82) is 0 Å². The molecule has 1 aromatic rings. The van der Waals surface area contributed by atoms with Gasteiger partial charge in [0.15, 0.2) is 5.96 Å². The molecule has 0 bridgehead atoms. The van der Waals surface area contributed by atoms with Gasteiger partial charge in [0.2, 0.25) is 0 Å². The summed E-state index contributed by atoms with van der Waals surface area (Å²) in [5, 5.41) is 11.3. The Kier molecular flexibility index (Phi) is 10.5. The maximum absolute atomic E-state index is 5.27. The summed E-state index contributed by atoms with van der Waals surface area (Å²) in [5.41, 5.74) is 2.67. The van der Waals surface area contributed by atoms with E-state index in [1.807, 2.05) is 6.92 Å². The summed E-state index contributed by atoms with van der Waals surface area (Å²) < 4.78 is 7.35. The highest BCUT2D eigenvalue weighted by atomic mass is 127. The minimum absolute atomic E-state index is 0. The van der Waals surface area contributed by atoms with Gasteiger partial charge >= 0.3 is 0 Å².